The standard InChI is InChI=1S/C27H31F3N4O2S/c1-19-16-22(37(3,35)36)9-10-24(19)31-13-5-6-21-17-23-25(32-20-11-14-33(2)15-12-20)7-4-8-26(23)34(21)18-27(28,29)30/h4,7-10,16-17,20,31-32H,11-15,18H2,1-3H3. The quantitative estimate of drug-likeness (QED) is 0.443. The van der Waals surface area contributed by atoms with Gasteiger partial charge in [0, 0.05) is 29.1 Å². The summed E-state index contributed by atoms with van der Waals surface area (Å²) in [6.45, 7) is 2.79. The summed E-state index contributed by atoms with van der Waals surface area (Å²) in [6.07, 6.45) is -1.30. The van der Waals surface area contributed by atoms with Crippen LogP contribution < -0.4 is 10.6 Å². The minimum Gasteiger partial charge on any atom is -0.382 e. The number of fused-ring (bicyclic) bond motifs is 1. The molecule has 198 valence electrons. The minimum absolute atomic E-state index is 0.188. The summed E-state index contributed by atoms with van der Waals surface area (Å²) in [5.74, 6) is 5.83. The predicted molar refractivity (Wildman–Crippen MR) is 142 cm³/mol. The van der Waals surface area contributed by atoms with Crippen molar-refractivity contribution in [1.29, 1.82) is 0 Å². The summed E-state index contributed by atoms with van der Waals surface area (Å²) in [5.41, 5.74) is 3.04. The van der Waals surface area contributed by atoms with Gasteiger partial charge in [-0.05, 0) is 87.8 Å². The summed E-state index contributed by atoms with van der Waals surface area (Å²) in [7, 11) is -1.23. The SMILES string of the molecule is Cc1cc(S(C)(=O)=O)ccc1NCC#Cc1cc2c(NC3CCN(C)CC3)cccc2n1CC(F)(F)F. The highest BCUT2D eigenvalue weighted by Gasteiger charge is 2.30. The van der Waals surface area contributed by atoms with E-state index in [0.29, 0.717) is 11.2 Å². The molecular weight excluding hydrogens is 501 g/mol. The van der Waals surface area contributed by atoms with Crippen molar-refractivity contribution in [2.75, 3.05) is 43.6 Å². The van der Waals surface area contributed by atoms with Crippen molar-refractivity contribution in [3.8, 4) is 11.8 Å². The number of aromatic nitrogens is 1. The third-order valence-corrected chi connectivity index (χ3v) is 7.68. The van der Waals surface area contributed by atoms with Crippen molar-refractivity contribution in [3.63, 3.8) is 0 Å². The maximum absolute atomic E-state index is 13.5. The molecular formula is C27H31F3N4O2S. The van der Waals surface area contributed by atoms with Crippen molar-refractivity contribution in [2.45, 2.75) is 43.4 Å². The van der Waals surface area contributed by atoms with Gasteiger partial charge in [-0.25, -0.2) is 8.42 Å². The summed E-state index contributed by atoms with van der Waals surface area (Å²) in [4.78, 5) is 2.49. The fourth-order valence-corrected chi connectivity index (χ4v) is 5.28. The molecule has 37 heavy (non-hydrogen) atoms. The van der Waals surface area contributed by atoms with Crippen LogP contribution in [0.1, 0.15) is 24.1 Å². The number of likely N-dealkylation sites (tertiary alicyclic amines) is 1. The van der Waals surface area contributed by atoms with Gasteiger partial charge in [0.05, 0.1) is 22.7 Å². The second-order valence-electron chi connectivity index (χ2n) is 9.60. The molecule has 4 rings (SSSR count). The van der Waals surface area contributed by atoms with Gasteiger partial charge in [-0.1, -0.05) is 12.0 Å². The van der Waals surface area contributed by atoms with Crippen LogP contribution in [-0.2, 0) is 16.4 Å². The van der Waals surface area contributed by atoms with Crippen LogP contribution in [0, 0.1) is 18.8 Å². The lowest BCUT2D eigenvalue weighted by Crippen LogP contribution is -2.36. The van der Waals surface area contributed by atoms with Crippen LogP contribution >= 0.6 is 0 Å². The molecule has 0 unspecified atom stereocenters. The number of hydrogen-bond donors (Lipinski definition) is 2. The number of alkyl halides is 3. The second-order valence-corrected chi connectivity index (χ2v) is 11.6. The minimum atomic E-state index is -4.39. The molecule has 1 aliphatic rings. The smallest absolute Gasteiger partial charge is 0.382 e. The fraction of sp³-hybridized carbons (Fsp3) is 0.407. The first-order chi connectivity index (χ1) is 17.4. The first-order valence-electron chi connectivity index (χ1n) is 12.1. The van der Waals surface area contributed by atoms with Crippen LogP contribution in [0.25, 0.3) is 10.9 Å². The molecule has 0 aliphatic carbocycles. The van der Waals surface area contributed by atoms with Crippen LogP contribution in [0.4, 0.5) is 24.5 Å². The molecule has 1 saturated heterocycles. The zero-order chi connectivity index (χ0) is 26.8. The Kier molecular flexibility index (Phi) is 7.76. The van der Waals surface area contributed by atoms with E-state index >= 15 is 0 Å². The maximum Gasteiger partial charge on any atom is 0.406 e. The highest BCUT2D eigenvalue weighted by atomic mass is 32.2. The van der Waals surface area contributed by atoms with Crippen LogP contribution in [0.3, 0.4) is 0 Å². The number of piperidine rings is 1. The van der Waals surface area contributed by atoms with E-state index in [4.69, 9.17) is 0 Å². The number of anilines is 2. The second kappa shape index (κ2) is 10.7. The van der Waals surface area contributed by atoms with Gasteiger partial charge < -0.3 is 20.1 Å². The number of sulfone groups is 1. The summed E-state index contributed by atoms with van der Waals surface area (Å²) in [5, 5.41) is 7.37. The molecule has 1 fully saturated rings. The summed E-state index contributed by atoms with van der Waals surface area (Å²) in [6, 6.07) is 12.1. The molecule has 10 heteroatoms. The Morgan fingerprint density at radius 2 is 1.81 bits per heavy atom. The molecule has 2 aromatic carbocycles. The molecule has 3 aromatic rings. The van der Waals surface area contributed by atoms with Crippen molar-refractivity contribution in [1.82, 2.24) is 9.47 Å². The molecule has 0 atom stereocenters. The van der Waals surface area contributed by atoms with Crippen molar-refractivity contribution >= 4 is 32.1 Å². The molecule has 6 nitrogen and oxygen atoms in total. The van der Waals surface area contributed by atoms with E-state index in [1.54, 1.807) is 37.3 Å². The number of nitrogens with zero attached hydrogens (tertiary/aromatic N) is 2. The summed E-state index contributed by atoms with van der Waals surface area (Å²) >= 11 is 0. The zero-order valence-electron chi connectivity index (χ0n) is 21.1. The van der Waals surface area contributed by atoms with Gasteiger partial charge in [0.2, 0.25) is 0 Å². The van der Waals surface area contributed by atoms with Crippen LogP contribution in [0.15, 0.2) is 47.4 Å². The third-order valence-electron chi connectivity index (χ3n) is 6.57. The monoisotopic (exact) mass is 532 g/mol. The Balaban J connectivity index is 1.58. The molecule has 0 bridgehead atoms. The lowest BCUT2D eigenvalue weighted by Gasteiger charge is -2.30. The number of aryl methyl sites for hydroxylation is 1. The highest BCUT2D eigenvalue weighted by Crippen LogP contribution is 2.31. The predicted octanol–water partition coefficient (Wildman–Crippen LogP) is 4.89. The third kappa shape index (κ3) is 6.79. The first-order valence-corrected chi connectivity index (χ1v) is 14.0. The zero-order valence-corrected chi connectivity index (χ0v) is 21.9. The van der Waals surface area contributed by atoms with E-state index in [-0.39, 0.29) is 23.2 Å². The van der Waals surface area contributed by atoms with Gasteiger partial charge in [0.1, 0.15) is 6.54 Å². The lowest BCUT2D eigenvalue weighted by molar-refractivity contribution is -0.140. The largest absolute Gasteiger partial charge is 0.406 e. The molecule has 2 heterocycles. The van der Waals surface area contributed by atoms with E-state index in [1.807, 2.05) is 6.07 Å². The van der Waals surface area contributed by atoms with Crippen molar-refractivity contribution < 1.29 is 21.6 Å². The van der Waals surface area contributed by atoms with Gasteiger partial charge >= 0.3 is 6.18 Å². The van der Waals surface area contributed by atoms with E-state index in [0.717, 1.165) is 48.8 Å². The number of rotatable bonds is 6. The van der Waals surface area contributed by atoms with Gasteiger partial charge in [0.25, 0.3) is 0 Å². The topological polar surface area (TPSA) is 66.4 Å². The van der Waals surface area contributed by atoms with Gasteiger partial charge in [-0.2, -0.15) is 13.2 Å². The van der Waals surface area contributed by atoms with Gasteiger partial charge in [0.15, 0.2) is 9.84 Å². The molecule has 0 spiro atoms. The Bertz CT molecular complexity index is 1440. The average Bonchev–Trinajstić information content (AvgIpc) is 3.15. The van der Waals surface area contributed by atoms with Gasteiger partial charge in [-0.15, -0.1) is 0 Å². The van der Waals surface area contributed by atoms with Crippen molar-refractivity contribution in [2.24, 2.45) is 0 Å². The van der Waals surface area contributed by atoms with Crippen LogP contribution in [-0.4, -0.2) is 63.0 Å². The molecule has 0 amide bonds. The van der Waals surface area contributed by atoms with Crippen molar-refractivity contribution in [3.05, 3.63) is 53.7 Å². The Morgan fingerprint density at radius 1 is 1.08 bits per heavy atom. The van der Waals surface area contributed by atoms with Crippen LogP contribution in [0.2, 0.25) is 0 Å². The Morgan fingerprint density at radius 3 is 2.46 bits per heavy atom. The number of halogens is 3. The Hall–Kier alpha value is -3.16. The molecule has 2 N–H and O–H groups in total. The highest BCUT2D eigenvalue weighted by molar-refractivity contribution is 7.90. The van der Waals surface area contributed by atoms with Gasteiger partial charge in [-0.3, -0.25) is 0 Å². The Labute approximate surface area is 215 Å². The average molecular weight is 533 g/mol. The van der Waals surface area contributed by atoms with E-state index in [2.05, 4.69) is 34.4 Å². The molecule has 1 aliphatic heterocycles. The van der Waals surface area contributed by atoms with E-state index in [1.165, 1.54) is 10.6 Å². The number of nitrogens with one attached hydrogen (secondary N) is 2. The molecule has 0 radical (unpaired) electrons. The number of hydrogen-bond acceptors (Lipinski definition) is 5. The normalized spacial score (nSPS) is 15.4. The van der Waals surface area contributed by atoms with E-state index in [9.17, 15) is 21.6 Å². The first kappa shape index (κ1) is 26.9. The fourth-order valence-electron chi connectivity index (χ4n) is 4.58. The van der Waals surface area contributed by atoms with Crippen LogP contribution in [0.5, 0.6) is 0 Å². The summed E-state index contributed by atoms with van der Waals surface area (Å²) < 4.78 is 65.1. The van der Waals surface area contributed by atoms with E-state index < -0.39 is 22.6 Å². The maximum atomic E-state index is 13.5. The number of benzene rings is 2. The lowest BCUT2D eigenvalue weighted by atomic mass is 10.0. The molecule has 0 saturated carbocycles. The molecule has 1 aromatic heterocycles.